The first-order chi connectivity index (χ1) is 16.9. The van der Waals surface area contributed by atoms with Gasteiger partial charge in [-0.1, -0.05) is 66.5 Å². The molecule has 2 aliphatic heterocycles. The lowest BCUT2D eigenvalue weighted by molar-refractivity contribution is -0.869. The van der Waals surface area contributed by atoms with Gasteiger partial charge in [-0.25, -0.2) is 4.79 Å². The molecule has 1 saturated heterocycles. The van der Waals surface area contributed by atoms with Crippen LogP contribution in [0, 0.1) is 23.2 Å². The molecule has 1 N–H and O–H groups in total. The van der Waals surface area contributed by atoms with E-state index in [1.807, 2.05) is 0 Å². The Bertz CT molecular complexity index is 805. The first-order valence-corrected chi connectivity index (χ1v) is 16.7. The number of unbranched alkanes of at least 4 members (excludes halogenated alkanes) is 1. The van der Waals surface area contributed by atoms with Gasteiger partial charge in [-0.05, 0) is 79.9 Å². The molecule has 0 spiro atoms. The summed E-state index contributed by atoms with van der Waals surface area (Å²) in [5.41, 5.74) is 3.16. The van der Waals surface area contributed by atoms with E-state index in [1.54, 1.807) is 5.57 Å². The highest BCUT2D eigenvalue weighted by Gasteiger charge is 2.58. The zero-order valence-electron chi connectivity index (χ0n) is 24.6. The maximum absolute atomic E-state index is 12.4. The number of alkyl carbamates (subject to hydrolysis) is 1. The molecule has 0 radical (unpaired) electrons. The Balaban J connectivity index is 1.34. The van der Waals surface area contributed by atoms with Gasteiger partial charge in [0, 0.05) is 11.6 Å². The summed E-state index contributed by atoms with van der Waals surface area (Å²) in [6.45, 7) is 11.6. The maximum atomic E-state index is 12.4. The average Bonchev–Trinajstić information content (AvgIpc) is 3.12. The van der Waals surface area contributed by atoms with Gasteiger partial charge in [0.1, 0.15) is 6.10 Å². The zero-order valence-corrected chi connectivity index (χ0v) is 25.5. The van der Waals surface area contributed by atoms with Crippen molar-refractivity contribution in [2.75, 3.05) is 40.4 Å². The molecular formula is C31H56N2O2P+. The smallest absolute Gasteiger partial charge is 0.407 e. The molecule has 5 heteroatoms. The minimum absolute atomic E-state index is 0.0187. The molecule has 0 aromatic rings. The molecule has 2 aliphatic carbocycles. The predicted molar refractivity (Wildman–Crippen MR) is 154 cm³/mol. The van der Waals surface area contributed by atoms with Crippen molar-refractivity contribution in [3.05, 3.63) is 11.6 Å². The van der Waals surface area contributed by atoms with E-state index in [1.165, 1.54) is 63.9 Å². The van der Waals surface area contributed by atoms with Gasteiger partial charge in [0.05, 0.1) is 34.2 Å². The maximum Gasteiger partial charge on any atom is 0.407 e. The molecular weight excluding hydrogens is 463 g/mol. The number of quaternary nitrogens is 1. The third kappa shape index (κ3) is 6.17. The molecule has 4 rings (SSSR count). The summed E-state index contributed by atoms with van der Waals surface area (Å²) in [4.78, 5) is 12.4. The van der Waals surface area contributed by atoms with Gasteiger partial charge < -0.3 is 14.5 Å². The summed E-state index contributed by atoms with van der Waals surface area (Å²) in [5.74, 6) is 2.76. The number of fused-ring (bicyclic) bond motifs is 5. The molecule has 0 aromatic heterocycles. The molecule has 2 saturated carbocycles. The molecule has 3 fully saturated rings. The number of rotatable bonds is 9. The fourth-order valence-electron chi connectivity index (χ4n) is 8.28. The minimum atomic E-state index is -0.226. The Morgan fingerprint density at radius 1 is 1.17 bits per heavy atom. The molecule has 0 aromatic carbocycles. The van der Waals surface area contributed by atoms with Crippen LogP contribution in [0.25, 0.3) is 0 Å². The Morgan fingerprint density at radius 3 is 2.67 bits per heavy atom. The van der Waals surface area contributed by atoms with Crippen LogP contribution in [0.2, 0.25) is 0 Å². The lowest BCUT2D eigenvalue weighted by Crippen LogP contribution is -2.48. The SMILES string of the molecule is CC(C)CCCCC1CC[C@H]2C3CC=C4CC(OC(=O)NCC[N+](C)(C)C)CCC4(C)P3CCC12C. The van der Waals surface area contributed by atoms with Crippen LogP contribution in [0.15, 0.2) is 11.6 Å². The van der Waals surface area contributed by atoms with Gasteiger partial charge in [0.2, 0.25) is 0 Å². The van der Waals surface area contributed by atoms with Crippen LogP contribution in [0.1, 0.15) is 98.3 Å². The first kappa shape index (κ1) is 28.4. The van der Waals surface area contributed by atoms with Crippen LogP contribution in [0.4, 0.5) is 4.79 Å². The summed E-state index contributed by atoms with van der Waals surface area (Å²) in [6.07, 6.45) is 18.6. The second kappa shape index (κ2) is 11.3. The topological polar surface area (TPSA) is 38.3 Å². The van der Waals surface area contributed by atoms with Gasteiger partial charge in [0.15, 0.2) is 0 Å². The van der Waals surface area contributed by atoms with Crippen LogP contribution in [0.3, 0.4) is 0 Å². The molecule has 36 heavy (non-hydrogen) atoms. The van der Waals surface area contributed by atoms with Gasteiger partial charge in [0.25, 0.3) is 0 Å². The highest BCUT2D eigenvalue weighted by Crippen LogP contribution is 2.74. The van der Waals surface area contributed by atoms with Crippen LogP contribution in [0.5, 0.6) is 0 Å². The van der Waals surface area contributed by atoms with Crippen LogP contribution < -0.4 is 5.32 Å². The first-order valence-electron chi connectivity index (χ1n) is 15.1. The number of carbonyl (C=O) groups is 1. The third-order valence-electron chi connectivity index (χ3n) is 10.6. The highest BCUT2D eigenvalue weighted by molar-refractivity contribution is 7.60. The van der Waals surface area contributed by atoms with E-state index < -0.39 is 0 Å². The van der Waals surface area contributed by atoms with Gasteiger partial charge in [-0.2, -0.15) is 0 Å². The van der Waals surface area contributed by atoms with Crippen molar-refractivity contribution in [3.8, 4) is 0 Å². The predicted octanol–water partition coefficient (Wildman–Crippen LogP) is 7.56. The van der Waals surface area contributed by atoms with E-state index in [4.69, 9.17) is 4.74 Å². The number of hydrogen-bond donors (Lipinski definition) is 1. The Kier molecular flexibility index (Phi) is 8.88. The number of ether oxygens (including phenoxy) is 1. The number of carbonyl (C=O) groups excluding carboxylic acids is 1. The highest BCUT2D eigenvalue weighted by atomic mass is 31.1. The van der Waals surface area contributed by atoms with Crippen molar-refractivity contribution in [2.45, 2.75) is 115 Å². The molecule has 6 unspecified atom stereocenters. The van der Waals surface area contributed by atoms with E-state index in [2.05, 4.69) is 60.2 Å². The van der Waals surface area contributed by atoms with E-state index in [-0.39, 0.29) is 20.1 Å². The van der Waals surface area contributed by atoms with E-state index in [0.29, 0.717) is 17.1 Å². The molecule has 1 amide bonds. The number of likely N-dealkylation sites (N-methyl/N-ethyl adjacent to an activating group) is 1. The fraction of sp³-hybridized carbons (Fsp3) is 0.903. The molecule has 4 nitrogen and oxygen atoms in total. The molecule has 0 bridgehead atoms. The van der Waals surface area contributed by atoms with Crippen molar-refractivity contribution in [1.82, 2.24) is 5.32 Å². The lowest BCUT2D eigenvalue weighted by atomic mass is 9.68. The standard InChI is InChI=1S/C31H55N2O2P/c1-23(2)10-8-9-11-24-12-14-27-28-15-13-25-22-26(35-29(34)32-19-20-33(5,6)7)16-17-31(25,4)36(28)21-18-30(24,27)3/h13,23-24,26-28H,8-12,14-22H2,1-7H3/p+1/t24?,26?,27-,28?,30?,31?,36?/m0/s1. The van der Waals surface area contributed by atoms with E-state index in [9.17, 15) is 4.79 Å². The summed E-state index contributed by atoms with van der Waals surface area (Å²) in [5, 5.41) is 3.36. The molecule has 4 aliphatic rings. The van der Waals surface area contributed by atoms with Crippen molar-refractivity contribution in [1.29, 1.82) is 0 Å². The lowest BCUT2D eigenvalue weighted by Gasteiger charge is -2.58. The fourth-order valence-corrected chi connectivity index (χ4v) is 12.8. The van der Waals surface area contributed by atoms with Crippen molar-refractivity contribution < 1.29 is 14.0 Å². The summed E-state index contributed by atoms with van der Waals surface area (Å²) >= 11 is 0. The number of amides is 1. The van der Waals surface area contributed by atoms with Gasteiger partial charge >= 0.3 is 6.09 Å². The van der Waals surface area contributed by atoms with Crippen molar-refractivity contribution in [3.63, 3.8) is 0 Å². The second-order valence-corrected chi connectivity index (χ2v) is 17.6. The third-order valence-corrected chi connectivity index (χ3v) is 14.5. The van der Waals surface area contributed by atoms with Crippen molar-refractivity contribution in [2.24, 2.45) is 23.2 Å². The number of allylic oxidation sites excluding steroid dienone is 1. The number of nitrogens with one attached hydrogen (secondary N) is 1. The Labute approximate surface area is 223 Å². The minimum Gasteiger partial charge on any atom is -0.446 e. The monoisotopic (exact) mass is 519 g/mol. The molecule has 206 valence electrons. The second-order valence-electron chi connectivity index (χ2n) is 14.5. The van der Waals surface area contributed by atoms with E-state index >= 15 is 0 Å². The largest absolute Gasteiger partial charge is 0.446 e. The number of nitrogens with zero attached hydrogens (tertiary/aromatic N) is 1. The van der Waals surface area contributed by atoms with Crippen LogP contribution in [-0.2, 0) is 4.74 Å². The Morgan fingerprint density at radius 2 is 1.94 bits per heavy atom. The number of hydrogen-bond acceptors (Lipinski definition) is 2. The normalized spacial score (nSPS) is 38.1. The summed E-state index contributed by atoms with van der Waals surface area (Å²) in [7, 11) is 6.46. The van der Waals surface area contributed by atoms with E-state index in [0.717, 1.165) is 47.3 Å². The average molecular weight is 520 g/mol. The van der Waals surface area contributed by atoms with Crippen LogP contribution in [-0.4, -0.2) is 67.9 Å². The van der Waals surface area contributed by atoms with Crippen LogP contribution >= 0.6 is 7.92 Å². The summed E-state index contributed by atoms with van der Waals surface area (Å²) in [6, 6.07) is 0. The molecule has 7 atom stereocenters. The van der Waals surface area contributed by atoms with Gasteiger partial charge in [-0.3, -0.25) is 0 Å². The quantitative estimate of drug-likeness (QED) is 0.148. The molecule has 2 heterocycles. The van der Waals surface area contributed by atoms with Crippen molar-refractivity contribution >= 4 is 14.0 Å². The van der Waals surface area contributed by atoms with Gasteiger partial charge in [-0.15, -0.1) is 0 Å². The summed E-state index contributed by atoms with van der Waals surface area (Å²) < 4.78 is 6.75. The zero-order chi connectivity index (χ0) is 26.1. The Hall–Kier alpha value is -0.600.